The summed E-state index contributed by atoms with van der Waals surface area (Å²) in [6.45, 7) is 1.98. The maximum Gasteiger partial charge on any atom is 0.430 e. The Hall–Kier alpha value is -1.79. The highest BCUT2D eigenvalue weighted by Crippen LogP contribution is 2.50. The van der Waals surface area contributed by atoms with Gasteiger partial charge in [-0.1, -0.05) is 25.5 Å². The van der Waals surface area contributed by atoms with Crippen LogP contribution in [0, 0.1) is 0 Å². The first-order chi connectivity index (χ1) is 13.2. The van der Waals surface area contributed by atoms with Crippen LogP contribution < -0.4 is 4.72 Å². The van der Waals surface area contributed by atoms with Gasteiger partial charge in [-0.05, 0) is 37.1 Å². The van der Waals surface area contributed by atoms with Gasteiger partial charge in [-0.2, -0.15) is 26.3 Å². The summed E-state index contributed by atoms with van der Waals surface area (Å²) in [6.07, 6.45) is -9.54. The van der Waals surface area contributed by atoms with E-state index >= 15 is 0 Å². The first-order valence-electron chi connectivity index (χ1n) is 8.30. The highest BCUT2D eigenvalue weighted by Gasteiger charge is 2.71. The second-order valence-electron chi connectivity index (χ2n) is 6.21. The van der Waals surface area contributed by atoms with Crippen LogP contribution in [0.3, 0.4) is 0 Å². The first kappa shape index (κ1) is 23.5. The molecule has 0 aliphatic carbocycles. The lowest BCUT2D eigenvalue weighted by atomic mass is 9.92. The van der Waals surface area contributed by atoms with E-state index in [0.717, 1.165) is 41.2 Å². The third kappa shape index (κ3) is 4.86. The lowest BCUT2D eigenvalue weighted by Gasteiger charge is -2.32. The van der Waals surface area contributed by atoms with Crippen LogP contribution in [0.5, 0.6) is 0 Å². The lowest BCUT2D eigenvalue weighted by molar-refractivity contribution is -0.376. The number of benzene rings is 1. The summed E-state index contributed by atoms with van der Waals surface area (Å²) < 4.78 is 104. The summed E-state index contributed by atoms with van der Waals surface area (Å²) in [7, 11) is -4.06. The number of halogens is 6. The number of alkyl halides is 6. The monoisotopic (exact) mass is 461 g/mol. The number of aryl methyl sites for hydroxylation is 1. The van der Waals surface area contributed by atoms with Crippen LogP contribution in [-0.4, -0.2) is 25.9 Å². The van der Waals surface area contributed by atoms with Crippen LogP contribution in [0.2, 0.25) is 0 Å². The fourth-order valence-electron chi connectivity index (χ4n) is 2.46. The van der Waals surface area contributed by atoms with Gasteiger partial charge >= 0.3 is 12.4 Å². The zero-order valence-corrected chi connectivity index (χ0v) is 16.6. The van der Waals surface area contributed by atoms with Gasteiger partial charge in [0.15, 0.2) is 0 Å². The highest BCUT2D eigenvalue weighted by molar-refractivity contribution is 7.94. The van der Waals surface area contributed by atoms with Gasteiger partial charge in [-0.3, -0.25) is 4.72 Å². The zero-order valence-electron chi connectivity index (χ0n) is 14.9. The molecule has 0 radical (unpaired) electrons. The highest BCUT2D eigenvalue weighted by atomic mass is 32.2. The van der Waals surface area contributed by atoms with Crippen molar-refractivity contribution in [1.29, 1.82) is 0 Å². The van der Waals surface area contributed by atoms with Gasteiger partial charge < -0.3 is 5.11 Å². The second-order valence-corrected chi connectivity index (χ2v) is 9.29. The van der Waals surface area contributed by atoms with Gasteiger partial charge in [-0.25, -0.2) is 8.42 Å². The number of unbranched alkanes of at least 4 members (excludes halogenated alkanes) is 1. The molecule has 162 valence electrons. The maximum absolute atomic E-state index is 12.9. The van der Waals surface area contributed by atoms with Crippen molar-refractivity contribution in [3.8, 4) is 0 Å². The van der Waals surface area contributed by atoms with Gasteiger partial charge in [0, 0.05) is 16.1 Å². The van der Waals surface area contributed by atoms with E-state index in [1.807, 2.05) is 6.92 Å². The van der Waals surface area contributed by atoms with E-state index in [4.69, 9.17) is 0 Å². The van der Waals surface area contributed by atoms with Crippen molar-refractivity contribution in [2.75, 3.05) is 4.72 Å². The Bertz CT molecular complexity index is 919. The van der Waals surface area contributed by atoms with Crippen LogP contribution in [0.15, 0.2) is 40.6 Å². The number of thiophene rings is 1. The van der Waals surface area contributed by atoms with Crippen molar-refractivity contribution in [2.24, 2.45) is 0 Å². The van der Waals surface area contributed by atoms with Crippen molar-refractivity contribution in [3.05, 3.63) is 46.8 Å². The lowest BCUT2D eigenvalue weighted by Crippen LogP contribution is -2.53. The number of rotatable bonds is 7. The molecule has 0 amide bonds. The minimum Gasteiger partial charge on any atom is -0.369 e. The summed E-state index contributed by atoms with van der Waals surface area (Å²) in [6, 6.07) is 5.21. The number of sulfonamides is 1. The van der Waals surface area contributed by atoms with Crippen LogP contribution in [0.4, 0.5) is 32.0 Å². The van der Waals surface area contributed by atoms with Crippen LogP contribution >= 0.6 is 11.3 Å². The Labute approximate surface area is 167 Å². The van der Waals surface area contributed by atoms with E-state index < -0.39 is 33.5 Å². The topological polar surface area (TPSA) is 66.4 Å². The molecule has 0 saturated carbocycles. The molecule has 0 spiro atoms. The fraction of sp³-hybridized carbons (Fsp3) is 0.412. The van der Waals surface area contributed by atoms with E-state index in [1.54, 1.807) is 6.07 Å². The molecule has 2 aromatic rings. The predicted molar refractivity (Wildman–Crippen MR) is 96.2 cm³/mol. The molecule has 12 heteroatoms. The molecule has 1 aromatic carbocycles. The molecule has 2 N–H and O–H groups in total. The van der Waals surface area contributed by atoms with E-state index in [2.05, 4.69) is 4.72 Å². The third-order valence-electron chi connectivity index (χ3n) is 4.05. The SMILES string of the molecule is CCCCc1ccc(S(=O)(=O)Nc2ccc(C(O)(C(F)(F)F)C(F)(F)F)cc2)s1. The van der Waals surface area contributed by atoms with Crippen molar-refractivity contribution in [2.45, 2.75) is 48.3 Å². The smallest absolute Gasteiger partial charge is 0.369 e. The van der Waals surface area contributed by atoms with Crippen molar-refractivity contribution < 1.29 is 39.9 Å². The Morgan fingerprint density at radius 3 is 2.00 bits per heavy atom. The van der Waals surface area contributed by atoms with Gasteiger partial charge in [0.05, 0.1) is 0 Å². The average Bonchev–Trinajstić information content (AvgIpc) is 3.07. The predicted octanol–water partition coefficient (Wildman–Crippen LogP) is 5.20. The van der Waals surface area contributed by atoms with E-state index in [1.165, 1.54) is 6.07 Å². The van der Waals surface area contributed by atoms with Crippen molar-refractivity contribution in [3.63, 3.8) is 0 Å². The van der Waals surface area contributed by atoms with Gasteiger partial charge in [0.2, 0.25) is 0 Å². The molecule has 2 rings (SSSR count). The maximum atomic E-state index is 12.9. The Morgan fingerprint density at radius 1 is 0.966 bits per heavy atom. The summed E-state index contributed by atoms with van der Waals surface area (Å²) >= 11 is 1.03. The first-order valence-corrected chi connectivity index (χ1v) is 10.6. The summed E-state index contributed by atoms with van der Waals surface area (Å²) in [5.74, 6) is 0. The Kier molecular flexibility index (Phi) is 6.60. The Morgan fingerprint density at radius 2 is 1.52 bits per heavy atom. The molecule has 0 saturated heterocycles. The molecule has 0 atom stereocenters. The number of aliphatic hydroxyl groups is 1. The van der Waals surface area contributed by atoms with Gasteiger partial charge in [0.25, 0.3) is 15.6 Å². The fourth-order valence-corrected chi connectivity index (χ4v) is 4.92. The standard InChI is InChI=1S/C17H17F6NO3S2/c1-2-3-4-13-9-10-14(28-13)29(26,27)24-12-7-5-11(6-8-12)15(25,16(18,19)20)17(21,22)23/h5-10,24-25H,2-4H2,1H3. The molecule has 4 nitrogen and oxygen atoms in total. The molecule has 0 unspecified atom stereocenters. The molecule has 0 bridgehead atoms. The minimum atomic E-state index is -6.02. The summed E-state index contributed by atoms with van der Waals surface area (Å²) in [4.78, 5) is 0.836. The number of nitrogens with one attached hydrogen (secondary N) is 1. The average molecular weight is 461 g/mol. The minimum absolute atomic E-state index is 0.0326. The molecular weight excluding hydrogens is 444 g/mol. The van der Waals surface area contributed by atoms with Gasteiger partial charge in [-0.15, -0.1) is 11.3 Å². The van der Waals surface area contributed by atoms with Crippen molar-refractivity contribution >= 4 is 27.0 Å². The van der Waals surface area contributed by atoms with Crippen LogP contribution in [0.25, 0.3) is 0 Å². The summed E-state index contributed by atoms with van der Waals surface area (Å²) in [5.41, 5.74) is -6.79. The quantitative estimate of drug-likeness (QED) is 0.557. The van der Waals surface area contributed by atoms with E-state index in [9.17, 15) is 39.9 Å². The van der Waals surface area contributed by atoms with Crippen molar-refractivity contribution in [1.82, 2.24) is 0 Å². The number of hydrogen-bond acceptors (Lipinski definition) is 4. The molecule has 0 aliphatic heterocycles. The zero-order chi connectivity index (χ0) is 22.1. The number of hydrogen-bond donors (Lipinski definition) is 2. The van der Waals surface area contributed by atoms with E-state index in [0.29, 0.717) is 18.6 Å². The Balaban J connectivity index is 2.27. The third-order valence-corrected chi connectivity index (χ3v) is 7.07. The summed E-state index contributed by atoms with van der Waals surface area (Å²) in [5, 5.41) is 9.34. The van der Waals surface area contributed by atoms with Crippen LogP contribution in [-0.2, 0) is 22.0 Å². The van der Waals surface area contributed by atoms with Crippen LogP contribution in [0.1, 0.15) is 30.2 Å². The second kappa shape index (κ2) is 8.15. The largest absolute Gasteiger partial charge is 0.430 e. The molecule has 1 aromatic heterocycles. The molecule has 0 aliphatic rings. The molecule has 1 heterocycles. The normalized spacial score (nSPS) is 13.5. The van der Waals surface area contributed by atoms with Gasteiger partial charge in [0.1, 0.15) is 4.21 Å². The molecule has 0 fully saturated rings. The molecule has 29 heavy (non-hydrogen) atoms. The molecular formula is C17H17F6NO3S2. The van der Waals surface area contributed by atoms with E-state index in [-0.39, 0.29) is 9.90 Å². The number of anilines is 1.